The molecule has 0 amide bonds. The highest BCUT2D eigenvalue weighted by atomic mass is 16.1. The van der Waals surface area contributed by atoms with Crippen LogP contribution < -0.4 is 0 Å². The van der Waals surface area contributed by atoms with Gasteiger partial charge in [0.15, 0.2) is 0 Å². The maximum Gasteiger partial charge on any atom is 0.133 e. The van der Waals surface area contributed by atoms with Crippen LogP contribution in [0.5, 0.6) is 0 Å². The first-order chi connectivity index (χ1) is 7.79. The number of Topliss-reactive ketones (excluding diaryl/α,β-unsaturated/α-hetero) is 1. The number of benzene rings is 1. The number of ketones is 1. The number of rotatable bonds is 2. The Morgan fingerprint density at radius 2 is 1.94 bits per heavy atom. The normalized spacial score (nSPS) is 21.8. The highest BCUT2D eigenvalue weighted by Gasteiger charge is 2.18. The van der Waals surface area contributed by atoms with Gasteiger partial charge in [-0.2, -0.15) is 0 Å². The summed E-state index contributed by atoms with van der Waals surface area (Å²) in [5, 5.41) is 0. The molecule has 1 unspecified atom stereocenters. The molecule has 16 heavy (non-hydrogen) atoms. The Bertz CT molecular complexity index is 350. The zero-order valence-corrected chi connectivity index (χ0v) is 10.0. The minimum Gasteiger partial charge on any atom is -0.300 e. The molecule has 0 spiro atoms. The fourth-order valence-electron chi connectivity index (χ4n) is 2.50. The van der Waals surface area contributed by atoms with Gasteiger partial charge in [-0.3, -0.25) is 4.79 Å². The molecular weight excluding hydrogens is 196 g/mol. The van der Waals surface area contributed by atoms with Gasteiger partial charge in [0.05, 0.1) is 0 Å². The van der Waals surface area contributed by atoms with Crippen LogP contribution in [-0.4, -0.2) is 5.78 Å². The van der Waals surface area contributed by atoms with E-state index in [0.717, 1.165) is 25.7 Å². The standard InChI is InChI=1S/C15H20O/c1-2-12-7-9-13(10-8-12)14-5-3-4-6-15(16)11-14/h7-10,14H,2-6,11H2,1H3. The van der Waals surface area contributed by atoms with Gasteiger partial charge in [0.2, 0.25) is 0 Å². The fraction of sp³-hybridized carbons (Fsp3) is 0.533. The molecule has 0 saturated heterocycles. The SMILES string of the molecule is CCc1ccc(C2CCCCC(=O)C2)cc1. The van der Waals surface area contributed by atoms with E-state index in [1.807, 2.05) is 0 Å². The van der Waals surface area contributed by atoms with Crippen molar-refractivity contribution in [3.8, 4) is 0 Å². The highest BCUT2D eigenvalue weighted by molar-refractivity contribution is 5.79. The van der Waals surface area contributed by atoms with Crippen LogP contribution in [-0.2, 0) is 11.2 Å². The first-order valence-corrected chi connectivity index (χ1v) is 6.40. The zero-order chi connectivity index (χ0) is 11.4. The van der Waals surface area contributed by atoms with E-state index in [9.17, 15) is 4.79 Å². The van der Waals surface area contributed by atoms with Gasteiger partial charge in [-0.25, -0.2) is 0 Å². The third kappa shape index (κ3) is 2.72. The quantitative estimate of drug-likeness (QED) is 0.686. The molecule has 0 aromatic heterocycles. The van der Waals surface area contributed by atoms with Crippen molar-refractivity contribution >= 4 is 5.78 Å². The summed E-state index contributed by atoms with van der Waals surface area (Å²) < 4.78 is 0. The first-order valence-electron chi connectivity index (χ1n) is 6.40. The molecule has 0 radical (unpaired) electrons. The van der Waals surface area contributed by atoms with E-state index in [4.69, 9.17) is 0 Å². The topological polar surface area (TPSA) is 17.1 Å². The average molecular weight is 216 g/mol. The minimum absolute atomic E-state index is 0.446. The monoisotopic (exact) mass is 216 g/mol. The molecule has 0 N–H and O–H groups in total. The Hall–Kier alpha value is -1.11. The third-order valence-electron chi connectivity index (χ3n) is 3.59. The van der Waals surface area contributed by atoms with Gasteiger partial charge < -0.3 is 0 Å². The van der Waals surface area contributed by atoms with E-state index >= 15 is 0 Å². The van der Waals surface area contributed by atoms with Gasteiger partial charge in [0.1, 0.15) is 5.78 Å². The summed E-state index contributed by atoms with van der Waals surface area (Å²) in [6, 6.07) is 8.82. The van der Waals surface area contributed by atoms with Crippen LogP contribution in [0, 0.1) is 0 Å². The summed E-state index contributed by atoms with van der Waals surface area (Å²) in [5.41, 5.74) is 2.73. The molecule has 1 aliphatic carbocycles. The van der Waals surface area contributed by atoms with Crippen molar-refractivity contribution in [3.63, 3.8) is 0 Å². The Labute approximate surface area is 97.9 Å². The molecule has 1 aliphatic rings. The second kappa shape index (κ2) is 5.29. The first kappa shape index (κ1) is 11.4. The van der Waals surface area contributed by atoms with Crippen LogP contribution >= 0.6 is 0 Å². The summed E-state index contributed by atoms with van der Waals surface area (Å²) in [6.07, 6.45) is 6.10. The Balaban J connectivity index is 2.12. The molecule has 0 bridgehead atoms. The summed E-state index contributed by atoms with van der Waals surface area (Å²) in [7, 11) is 0. The molecule has 1 aromatic carbocycles. The largest absolute Gasteiger partial charge is 0.300 e. The van der Waals surface area contributed by atoms with Gasteiger partial charge in [0, 0.05) is 12.8 Å². The number of hydrogen-bond donors (Lipinski definition) is 0. The van der Waals surface area contributed by atoms with Crippen LogP contribution in [0.2, 0.25) is 0 Å². The van der Waals surface area contributed by atoms with Crippen LogP contribution in [0.3, 0.4) is 0 Å². The van der Waals surface area contributed by atoms with E-state index in [2.05, 4.69) is 31.2 Å². The average Bonchev–Trinajstić information content (AvgIpc) is 2.54. The summed E-state index contributed by atoms with van der Waals surface area (Å²) >= 11 is 0. The molecule has 0 heterocycles. The highest BCUT2D eigenvalue weighted by Crippen LogP contribution is 2.30. The maximum atomic E-state index is 11.6. The van der Waals surface area contributed by atoms with E-state index in [1.165, 1.54) is 24.0 Å². The lowest BCUT2D eigenvalue weighted by Crippen LogP contribution is -2.03. The van der Waals surface area contributed by atoms with Crippen LogP contribution in [0.1, 0.15) is 56.1 Å². The number of carbonyl (C=O) groups excluding carboxylic acids is 1. The second-order valence-corrected chi connectivity index (χ2v) is 4.78. The van der Waals surface area contributed by atoms with E-state index in [1.54, 1.807) is 0 Å². The number of hydrogen-bond acceptors (Lipinski definition) is 1. The van der Waals surface area contributed by atoms with Crippen molar-refractivity contribution in [3.05, 3.63) is 35.4 Å². The molecule has 1 fully saturated rings. The van der Waals surface area contributed by atoms with Crippen molar-refractivity contribution < 1.29 is 4.79 Å². The molecule has 1 aromatic rings. The van der Waals surface area contributed by atoms with Crippen LogP contribution in [0.25, 0.3) is 0 Å². The smallest absolute Gasteiger partial charge is 0.133 e. The summed E-state index contributed by atoms with van der Waals surface area (Å²) in [5.74, 6) is 0.919. The molecule has 1 saturated carbocycles. The Morgan fingerprint density at radius 3 is 2.62 bits per heavy atom. The summed E-state index contributed by atoms with van der Waals surface area (Å²) in [4.78, 5) is 11.6. The van der Waals surface area contributed by atoms with E-state index in [-0.39, 0.29) is 0 Å². The van der Waals surface area contributed by atoms with Crippen LogP contribution in [0.15, 0.2) is 24.3 Å². The van der Waals surface area contributed by atoms with Crippen molar-refractivity contribution in [2.75, 3.05) is 0 Å². The fourth-order valence-corrected chi connectivity index (χ4v) is 2.50. The zero-order valence-electron chi connectivity index (χ0n) is 10.0. The third-order valence-corrected chi connectivity index (χ3v) is 3.59. The van der Waals surface area contributed by atoms with Gasteiger partial charge in [-0.15, -0.1) is 0 Å². The molecule has 1 atom stereocenters. The Morgan fingerprint density at radius 1 is 1.19 bits per heavy atom. The van der Waals surface area contributed by atoms with Crippen molar-refractivity contribution in [1.29, 1.82) is 0 Å². The van der Waals surface area contributed by atoms with Crippen molar-refractivity contribution in [2.24, 2.45) is 0 Å². The molecule has 1 heteroatoms. The second-order valence-electron chi connectivity index (χ2n) is 4.78. The number of carbonyl (C=O) groups is 1. The molecule has 0 aliphatic heterocycles. The summed E-state index contributed by atoms with van der Waals surface area (Å²) in [6.45, 7) is 2.17. The lowest BCUT2D eigenvalue weighted by molar-refractivity contribution is -0.119. The van der Waals surface area contributed by atoms with E-state index in [0.29, 0.717) is 11.7 Å². The van der Waals surface area contributed by atoms with Gasteiger partial charge >= 0.3 is 0 Å². The lowest BCUT2D eigenvalue weighted by atomic mass is 9.91. The predicted octanol–water partition coefficient (Wildman–Crippen LogP) is 3.87. The van der Waals surface area contributed by atoms with Crippen molar-refractivity contribution in [1.82, 2.24) is 0 Å². The molecular formula is C15H20O. The predicted molar refractivity (Wildman–Crippen MR) is 66.7 cm³/mol. The van der Waals surface area contributed by atoms with Crippen LogP contribution in [0.4, 0.5) is 0 Å². The molecule has 86 valence electrons. The number of aryl methyl sites for hydroxylation is 1. The van der Waals surface area contributed by atoms with Gasteiger partial charge in [-0.1, -0.05) is 37.6 Å². The minimum atomic E-state index is 0.446. The van der Waals surface area contributed by atoms with Gasteiger partial charge in [0.25, 0.3) is 0 Å². The van der Waals surface area contributed by atoms with Crippen molar-refractivity contribution in [2.45, 2.75) is 51.4 Å². The molecule has 2 rings (SSSR count). The lowest BCUT2D eigenvalue weighted by Gasteiger charge is -2.14. The molecule has 1 nitrogen and oxygen atoms in total. The Kier molecular flexibility index (Phi) is 3.76. The van der Waals surface area contributed by atoms with Gasteiger partial charge in [-0.05, 0) is 36.3 Å². The maximum absolute atomic E-state index is 11.6. The van der Waals surface area contributed by atoms with E-state index < -0.39 is 0 Å².